The molecule has 2 heteroatoms. The largest absolute Gasteiger partial charge is 0.384 e. The molecule has 0 saturated carbocycles. The van der Waals surface area contributed by atoms with Crippen molar-refractivity contribution in [1.82, 2.24) is 4.90 Å². The van der Waals surface area contributed by atoms with Crippen LogP contribution in [0.25, 0.3) is 0 Å². The van der Waals surface area contributed by atoms with E-state index in [1.54, 1.807) is 0 Å². The molecule has 2 N–H and O–H groups in total. The lowest BCUT2D eigenvalue weighted by atomic mass is 10.2. The standard InChI is InChI=1S/C7H16N2/c1-7(8)5-4-6-9(2)3/h4,6-7H,5,8H2,1-3H3/b6-4+. The van der Waals surface area contributed by atoms with Crippen molar-refractivity contribution in [3.63, 3.8) is 0 Å². The van der Waals surface area contributed by atoms with Gasteiger partial charge in [0.25, 0.3) is 0 Å². The molecule has 0 aromatic rings. The Morgan fingerprint density at radius 1 is 1.56 bits per heavy atom. The number of nitrogens with two attached hydrogens (primary N) is 1. The number of rotatable bonds is 3. The summed E-state index contributed by atoms with van der Waals surface area (Å²) in [5, 5.41) is 0. The first-order valence-corrected chi connectivity index (χ1v) is 3.21. The first-order valence-electron chi connectivity index (χ1n) is 3.21. The topological polar surface area (TPSA) is 29.3 Å². The SMILES string of the molecule is CC(N)C/C=C/N(C)C. The summed E-state index contributed by atoms with van der Waals surface area (Å²) in [4.78, 5) is 2.00. The fraction of sp³-hybridized carbons (Fsp3) is 0.714. The van der Waals surface area contributed by atoms with E-state index in [-0.39, 0.29) is 6.04 Å². The molecular weight excluding hydrogens is 112 g/mol. The van der Waals surface area contributed by atoms with E-state index in [0.717, 1.165) is 6.42 Å². The third kappa shape index (κ3) is 7.50. The maximum Gasteiger partial charge on any atom is 0.00555 e. The van der Waals surface area contributed by atoms with Crippen LogP contribution in [0.5, 0.6) is 0 Å². The summed E-state index contributed by atoms with van der Waals surface area (Å²) in [7, 11) is 4.00. The molecule has 0 aliphatic heterocycles. The second kappa shape index (κ2) is 4.39. The second-order valence-corrected chi connectivity index (χ2v) is 2.56. The highest BCUT2D eigenvalue weighted by atomic mass is 15.0. The Kier molecular flexibility index (Phi) is 4.14. The molecule has 1 atom stereocenters. The van der Waals surface area contributed by atoms with Crippen LogP contribution in [0.3, 0.4) is 0 Å². The molecule has 9 heavy (non-hydrogen) atoms. The van der Waals surface area contributed by atoms with Gasteiger partial charge in [0.15, 0.2) is 0 Å². The minimum atomic E-state index is 0.279. The van der Waals surface area contributed by atoms with Gasteiger partial charge in [0.2, 0.25) is 0 Å². The molecule has 0 heterocycles. The Balaban J connectivity index is 3.25. The summed E-state index contributed by atoms with van der Waals surface area (Å²) in [5.41, 5.74) is 5.51. The molecule has 0 amide bonds. The van der Waals surface area contributed by atoms with Crippen LogP contribution in [0.2, 0.25) is 0 Å². The van der Waals surface area contributed by atoms with Crippen LogP contribution in [0.15, 0.2) is 12.3 Å². The zero-order valence-corrected chi connectivity index (χ0v) is 6.46. The molecule has 0 aliphatic carbocycles. The third-order valence-electron chi connectivity index (χ3n) is 0.911. The van der Waals surface area contributed by atoms with Crippen molar-refractivity contribution in [2.75, 3.05) is 14.1 Å². The van der Waals surface area contributed by atoms with E-state index in [9.17, 15) is 0 Å². The fourth-order valence-corrected chi connectivity index (χ4v) is 0.486. The van der Waals surface area contributed by atoms with E-state index in [1.807, 2.05) is 32.1 Å². The van der Waals surface area contributed by atoms with Crippen molar-refractivity contribution in [3.8, 4) is 0 Å². The summed E-state index contributed by atoms with van der Waals surface area (Å²) in [5.74, 6) is 0. The lowest BCUT2D eigenvalue weighted by Gasteiger charge is -2.03. The fourth-order valence-electron chi connectivity index (χ4n) is 0.486. The van der Waals surface area contributed by atoms with E-state index in [0.29, 0.717) is 0 Å². The predicted octanol–water partition coefficient (Wildman–Crippen LogP) is 0.799. The van der Waals surface area contributed by atoms with Gasteiger partial charge in [0, 0.05) is 20.1 Å². The summed E-state index contributed by atoms with van der Waals surface area (Å²) in [6.45, 7) is 2.00. The van der Waals surface area contributed by atoms with Crippen LogP contribution in [-0.2, 0) is 0 Å². The highest BCUT2D eigenvalue weighted by molar-refractivity contribution is 4.81. The van der Waals surface area contributed by atoms with Gasteiger partial charge < -0.3 is 10.6 Å². The Morgan fingerprint density at radius 3 is 2.44 bits per heavy atom. The molecule has 1 unspecified atom stereocenters. The van der Waals surface area contributed by atoms with Gasteiger partial charge in [-0.25, -0.2) is 0 Å². The molecule has 0 fully saturated rings. The molecule has 0 aromatic carbocycles. The monoisotopic (exact) mass is 128 g/mol. The molecule has 0 aromatic heterocycles. The average Bonchev–Trinajstić information content (AvgIpc) is 1.63. The van der Waals surface area contributed by atoms with E-state index < -0.39 is 0 Å². The molecule has 0 saturated heterocycles. The van der Waals surface area contributed by atoms with Gasteiger partial charge in [-0.1, -0.05) is 6.08 Å². The maximum atomic E-state index is 5.51. The van der Waals surface area contributed by atoms with Crippen LogP contribution in [0.1, 0.15) is 13.3 Å². The highest BCUT2D eigenvalue weighted by Gasteiger charge is 1.86. The summed E-state index contributed by atoms with van der Waals surface area (Å²) >= 11 is 0. The Morgan fingerprint density at radius 2 is 2.11 bits per heavy atom. The predicted molar refractivity (Wildman–Crippen MR) is 41.1 cm³/mol. The Bertz CT molecular complexity index is 84.9. The summed E-state index contributed by atoms with van der Waals surface area (Å²) in [6.07, 6.45) is 5.05. The Hall–Kier alpha value is -0.500. The molecule has 0 rings (SSSR count). The van der Waals surface area contributed by atoms with Crippen molar-refractivity contribution in [2.45, 2.75) is 19.4 Å². The molecule has 0 bridgehead atoms. The first kappa shape index (κ1) is 8.50. The average molecular weight is 128 g/mol. The number of hydrogen-bond acceptors (Lipinski definition) is 2. The van der Waals surface area contributed by atoms with Crippen LogP contribution < -0.4 is 5.73 Å². The van der Waals surface area contributed by atoms with Gasteiger partial charge in [-0.3, -0.25) is 0 Å². The molecule has 0 spiro atoms. The van der Waals surface area contributed by atoms with Crippen LogP contribution in [0.4, 0.5) is 0 Å². The van der Waals surface area contributed by atoms with Gasteiger partial charge in [0.1, 0.15) is 0 Å². The molecule has 54 valence electrons. The summed E-state index contributed by atoms with van der Waals surface area (Å²) < 4.78 is 0. The highest BCUT2D eigenvalue weighted by Crippen LogP contribution is 1.88. The quantitative estimate of drug-likeness (QED) is 0.609. The van der Waals surface area contributed by atoms with E-state index in [4.69, 9.17) is 5.73 Å². The van der Waals surface area contributed by atoms with E-state index in [2.05, 4.69) is 6.08 Å². The van der Waals surface area contributed by atoms with Crippen molar-refractivity contribution in [2.24, 2.45) is 5.73 Å². The van der Waals surface area contributed by atoms with Gasteiger partial charge >= 0.3 is 0 Å². The lowest BCUT2D eigenvalue weighted by molar-refractivity contribution is 0.559. The Labute approximate surface area is 57.3 Å². The zero-order chi connectivity index (χ0) is 7.28. The van der Waals surface area contributed by atoms with Crippen LogP contribution >= 0.6 is 0 Å². The normalized spacial score (nSPS) is 14.2. The smallest absolute Gasteiger partial charge is 0.00555 e. The molecule has 0 radical (unpaired) electrons. The number of nitrogens with zero attached hydrogens (tertiary/aromatic N) is 1. The van der Waals surface area contributed by atoms with Crippen molar-refractivity contribution >= 4 is 0 Å². The zero-order valence-electron chi connectivity index (χ0n) is 6.46. The molecular formula is C7H16N2. The van der Waals surface area contributed by atoms with Gasteiger partial charge in [-0.15, -0.1) is 0 Å². The van der Waals surface area contributed by atoms with Crippen molar-refractivity contribution in [1.29, 1.82) is 0 Å². The second-order valence-electron chi connectivity index (χ2n) is 2.56. The molecule has 2 nitrogen and oxygen atoms in total. The number of hydrogen-bond donors (Lipinski definition) is 1. The van der Waals surface area contributed by atoms with Crippen molar-refractivity contribution in [3.05, 3.63) is 12.3 Å². The van der Waals surface area contributed by atoms with E-state index >= 15 is 0 Å². The minimum absolute atomic E-state index is 0.279. The van der Waals surface area contributed by atoms with Crippen LogP contribution in [0, 0.1) is 0 Å². The third-order valence-corrected chi connectivity index (χ3v) is 0.911. The van der Waals surface area contributed by atoms with Gasteiger partial charge in [-0.05, 0) is 19.5 Å². The van der Waals surface area contributed by atoms with Crippen LogP contribution in [-0.4, -0.2) is 25.0 Å². The first-order chi connectivity index (χ1) is 4.13. The van der Waals surface area contributed by atoms with Gasteiger partial charge in [-0.2, -0.15) is 0 Å². The van der Waals surface area contributed by atoms with E-state index in [1.165, 1.54) is 0 Å². The van der Waals surface area contributed by atoms with Crippen molar-refractivity contribution < 1.29 is 0 Å². The lowest BCUT2D eigenvalue weighted by Crippen LogP contribution is -2.13. The summed E-state index contributed by atoms with van der Waals surface area (Å²) in [6, 6.07) is 0.279. The minimum Gasteiger partial charge on any atom is -0.384 e. The molecule has 0 aliphatic rings. The van der Waals surface area contributed by atoms with Gasteiger partial charge in [0.05, 0.1) is 0 Å². The maximum absolute atomic E-state index is 5.51.